The fraction of sp³-hybridized carbons (Fsp3) is 0.417. The molecule has 0 heterocycles. The van der Waals surface area contributed by atoms with Crippen molar-refractivity contribution in [3.63, 3.8) is 0 Å². The predicted molar refractivity (Wildman–Crippen MR) is 79.7 cm³/mol. The molecular weight excluding hydrogens is 332 g/mol. The lowest BCUT2D eigenvalue weighted by molar-refractivity contribution is -0.138. The summed E-state index contributed by atoms with van der Waals surface area (Å²) in [6.45, 7) is 1.91. The summed E-state index contributed by atoms with van der Waals surface area (Å²) < 4.78 is 0. The highest BCUT2D eigenvalue weighted by atomic mass is 35.5. The lowest BCUT2D eigenvalue weighted by Crippen LogP contribution is -2.31. The van der Waals surface area contributed by atoms with Gasteiger partial charge in [0.1, 0.15) is 6.04 Å². The summed E-state index contributed by atoms with van der Waals surface area (Å²) in [5, 5.41) is 9.81. The third-order valence-corrected chi connectivity index (χ3v) is 4.69. The third-order valence-electron chi connectivity index (χ3n) is 2.92. The minimum Gasteiger partial charge on any atom is -0.480 e. The lowest BCUT2D eigenvalue weighted by atomic mass is 9.90. The molecule has 2 atom stereocenters. The van der Waals surface area contributed by atoms with E-state index in [4.69, 9.17) is 57.2 Å². The van der Waals surface area contributed by atoms with Crippen molar-refractivity contribution in [3.8, 4) is 0 Å². The van der Waals surface area contributed by atoms with Gasteiger partial charge in [-0.1, -0.05) is 53.3 Å². The lowest BCUT2D eigenvalue weighted by Gasteiger charge is -2.20. The van der Waals surface area contributed by atoms with Gasteiger partial charge in [-0.2, -0.15) is 0 Å². The minimum atomic E-state index is -1.05. The molecule has 0 fully saturated rings. The zero-order valence-corrected chi connectivity index (χ0v) is 13.1. The highest BCUT2D eigenvalue weighted by Crippen LogP contribution is 2.42. The van der Waals surface area contributed by atoms with Gasteiger partial charge in [-0.15, -0.1) is 0 Å². The molecule has 0 bridgehead atoms. The molecular formula is C12H13Cl4NO2. The molecule has 2 unspecified atom stereocenters. The van der Waals surface area contributed by atoms with E-state index in [9.17, 15) is 4.79 Å². The summed E-state index contributed by atoms with van der Waals surface area (Å²) in [5.41, 5.74) is 6.22. The molecule has 0 amide bonds. The minimum absolute atomic E-state index is 0.147. The average molecular weight is 345 g/mol. The van der Waals surface area contributed by atoms with Gasteiger partial charge in [0.05, 0.1) is 20.1 Å². The summed E-state index contributed by atoms with van der Waals surface area (Å²) in [5.74, 6) is -1.20. The number of carbonyl (C=O) groups is 1. The topological polar surface area (TPSA) is 63.3 Å². The van der Waals surface area contributed by atoms with Crippen molar-refractivity contribution in [2.24, 2.45) is 5.73 Å². The third kappa shape index (κ3) is 3.89. The van der Waals surface area contributed by atoms with Crippen molar-refractivity contribution >= 4 is 52.4 Å². The Morgan fingerprint density at radius 3 is 2.32 bits per heavy atom. The number of benzene rings is 1. The summed E-state index contributed by atoms with van der Waals surface area (Å²) in [7, 11) is 0. The number of carboxylic acids is 1. The smallest absolute Gasteiger partial charge is 0.320 e. The molecule has 0 aliphatic rings. The van der Waals surface area contributed by atoms with Crippen molar-refractivity contribution < 1.29 is 9.90 Å². The monoisotopic (exact) mass is 343 g/mol. The van der Waals surface area contributed by atoms with E-state index in [1.54, 1.807) is 6.07 Å². The molecule has 0 saturated carbocycles. The van der Waals surface area contributed by atoms with Gasteiger partial charge in [-0.05, 0) is 30.4 Å². The summed E-state index contributed by atoms with van der Waals surface area (Å²) in [6, 6.07) is 0.648. The van der Waals surface area contributed by atoms with Gasteiger partial charge in [-0.3, -0.25) is 4.79 Å². The Bertz CT molecular complexity index is 493. The van der Waals surface area contributed by atoms with Gasteiger partial charge in [0.2, 0.25) is 0 Å². The zero-order valence-electron chi connectivity index (χ0n) is 10.1. The highest BCUT2D eigenvalue weighted by molar-refractivity contribution is 6.52. The Balaban J connectivity index is 3.15. The molecule has 1 aromatic rings. The number of rotatable bonds is 5. The molecule has 0 aliphatic carbocycles. The van der Waals surface area contributed by atoms with Crippen LogP contribution in [0.2, 0.25) is 20.1 Å². The second kappa shape index (κ2) is 7.00. The second-order valence-electron chi connectivity index (χ2n) is 4.18. The maximum absolute atomic E-state index is 10.8. The van der Waals surface area contributed by atoms with Crippen LogP contribution in [-0.4, -0.2) is 17.1 Å². The van der Waals surface area contributed by atoms with Crippen LogP contribution in [0.5, 0.6) is 0 Å². The maximum atomic E-state index is 10.8. The predicted octanol–water partition coefficient (Wildman–Crippen LogP) is 4.60. The van der Waals surface area contributed by atoms with Crippen LogP contribution in [0, 0.1) is 0 Å². The van der Waals surface area contributed by atoms with Crippen molar-refractivity contribution in [1.29, 1.82) is 0 Å². The first kappa shape index (κ1) is 16.9. The molecule has 0 radical (unpaired) electrons. The van der Waals surface area contributed by atoms with E-state index < -0.39 is 12.0 Å². The number of nitrogens with two attached hydrogens (primary N) is 1. The molecule has 1 rings (SSSR count). The molecule has 0 aliphatic heterocycles. The van der Waals surface area contributed by atoms with Crippen molar-refractivity contribution in [3.05, 3.63) is 31.7 Å². The van der Waals surface area contributed by atoms with E-state index in [0.29, 0.717) is 17.0 Å². The van der Waals surface area contributed by atoms with Crippen LogP contribution in [0.1, 0.15) is 31.2 Å². The first-order valence-electron chi connectivity index (χ1n) is 5.60. The maximum Gasteiger partial charge on any atom is 0.320 e. The van der Waals surface area contributed by atoms with Gasteiger partial charge >= 0.3 is 5.97 Å². The standard InChI is InChI=1S/C12H13Cl4NO2/c1-2-5(3-8(17)12(18)19)6-4-7(13)10(15)11(16)9(6)14/h4-5,8H,2-3,17H2,1H3,(H,18,19). The van der Waals surface area contributed by atoms with Gasteiger partial charge in [0.25, 0.3) is 0 Å². The molecule has 1 aromatic carbocycles. The van der Waals surface area contributed by atoms with Gasteiger partial charge < -0.3 is 10.8 Å². The van der Waals surface area contributed by atoms with E-state index in [2.05, 4.69) is 0 Å². The number of halogens is 4. The Hall–Kier alpha value is -0.190. The Labute approximate surface area is 131 Å². The Morgan fingerprint density at radius 2 is 1.84 bits per heavy atom. The summed E-state index contributed by atoms with van der Waals surface area (Å²) in [6.07, 6.45) is 0.912. The Kier molecular flexibility index (Phi) is 6.21. The van der Waals surface area contributed by atoms with Crippen LogP contribution in [-0.2, 0) is 4.79 Å². The van der Waals surface area contributed by atoms with Gasteiger partial charge in [-0.25, -0.2) is 0 Å². The van der Waals surface area contributed by atoms with Crippen LogP contribution in [0.3, 0.4) is 0 Å². The van der Waals surface area contributed by atoms with Crippen molar-refractivity contribution in [2.75, 3.05) is 0 Å². The van der Waals surface area contributed by atoms with Crippen LogP contribution in [0.25, 0.3) is 0 Å². The first-order valence-corrected chi connectivity index (χ1v) is 7.12. The molecule has 7 heteroatoms. The van der Waals surface area contributed by atoms with E-state index in [1.807, 2.05) is 6.92 Å². The van der Waals surface area contributed by atoms with Crippen LogP contribution >= 0.6 is 46.4 Å². The van der Waals surface area contributed by atoms with Crippen LogP contribution < -0.4 is 5.73 Å². The first-order chi connectivity index (χ1) is 8.79. The normalized spacial score (nSPS) is 14.2. The number of hydrogen-bond acceptors (Lipinski definition) is 2. The summed E-state index contributed by atoms with van der Waals surface area (Å²) >= 11 is 24.0. The SMILES string of the molecule is CCC(CC(N)C(=O)O)c1cc(Cl)c(Cl)c(Cl)c1Cl. The van der Waals surface area contributed by atoms with E-state index in [-0.39, 0.29) is 27.4 Å². The zero-order chi connectivity index (χ0) is 14.7. The number of carboxylic acid groups (broad SMARTS) is 1. The van der Waals surface area contributed by atoms with Gasteiger partial charge in [0.15, 0.2) is 0 Å². The largest absolute Gasteiger partial charge is 0.480 e. The van der Waals surface area contributed by atoms with Crippen LogP contribution in [0.15, 0.2) is 6.07 Å². The second-order valence-corrected chi connectivity index (χ2v) is 5.72. The van der Waals surface area contributed by atoms with Crippen molar-refractivity contribution in [2.45, 2.75) is 31.7 Å². The number of hydrogen-bond donors (Lipinski definition) is 2. The molecule has 3 nitrogen and oxygen atoms in total. The van der Waals surface area contributed by atoms with E-state index in [0.717, 1.165) is 0 Å². The number of aliphatic carboxylic acids is 1. The van der Waals surface area contributed by atoms with Gasteiger partial charge in [0, 0.05) is 0 Å². The highest BCUT2D eigenvalue weighted by Gasteiger charge is 2.23. The average Bonchev–Trinajstić information content (AvgIpc) is 2.37. The fourth-order valence-electron chi connectivity index (χ4n) is 1.81. The fourth-order valence-corrected chi connectivity index (χ4v) is 2.78. The summed E-state index contributed by atoms with van der Waals surface area (Å²) in [4.78, 5) is 10.8. The molecule has 19 heavy (non-hydrogen) atoms. The molecule has 3 N–H and O–H groups in total. The van der Waals surface area contributed by atoms with E-state index >= 15 is 0 Å². The quantitative estimate of drug-likeness (QED) is 0.606. The molecule has 106 valence electrons. The molecule has 0 spiro atoms. The van der Waals surface area contributed by atoms with E-state index in [1.165, 1.54) is 0 Å². The van der Waals surface area contributed by atoms with Crippen LogP contribution in [0.4, 0.5) is 0 Å². The van der Waals surface area contributed by atoms with Crippen molar-refractivity contribution in [1.82, 2.24) is 0 Å². The molecule has 0 saturated heterocycles. The molecule has 0 aromatic heterocycles. The Morgan fingerprint density at radius 1 is 1.26 bits per heavy atom.